The largest absolute Gasteiger partial charge is 0.387 e. The summed E-state index contributed by atoms with van der Waals surface area (Å²) < 4.78 is 0. The summed E-state index contributed by atoms with van der Waals surface area (Å²) in [5.41, 5.74) is 3.89. The van der Waals surface area contributed by atoms with Gasteiger partial charge in [0, 0.05) is 7.05 Å². The summed E-state index contributed by atoms with van der Waals surface area (Å²) in [5, 5.41) is 6.99. The van der Waals surface area contributed by atoms with E-state index >= 15 is 0 Å². The first-order valence-corrected chi connectivity index (χ1v) is 5.73. The maximum Gasteiger partial charge on any atom is 0.0643 e. The SMILES string of the molecule is CNc1cncc(Nc2ccc(C)cc2Cl)c1. The molecule has 0 aliphatic carbocycles. The predicted molar refractivity (Wildman–Crippen MR) is 73.3 cm³/mol. The van der Waals surface area contributed by atoms with Crippen molar-refractivity contribution in [2.24, 2.45) is 0 Å². The molecule has 4 heteroatoms. The Morgan fingerprint density at radius 2 is 1.88 bits per heavy atom. The molecule has 1 aromatic carbocycles. The second kappa shape index (κ2) is 5.06. The van der Waals surface area contributed by atoms with Gasteiger partial charge in [-0.1, -0.05) is 17.7 Å². The van der Waals surface area contributed by atoms with Crippen molar-refractivity contribution in [2.45, 2.75) is 6.92 Å². The van der Waals surface area contributed by atoms with E-state index in [1.165, 1.54) is 0 Å². The molecule has 2 rings (SSSR count). The van der Waals surface area contributed by atoms with Crippen molar-refractivity contribution in [2.75, 3.05) is 17.7 Å². The highest BCUT2D eigenvalue weighted by molar-refractivity contribution is 6.33. The van der Waals surface area contributed by atoms with Gasteiger partial charge in [-0.2, -0.15) is 0 Å². The van der Waals surface area contributed by atoms with Gasteiger partial charge in [0.25, 0.3) is 0 Å². The average molecular weight is 248 g/mol. The number of hydrogen-bond donors (Lipinski definition) is 2. The lowest BCUT2D eigenvalue weighted by Crippen LogP contribution is -1.95. The Labute approximate surface area is 106 Å². The van der Waals surface area contributed by atoms with E-state index in [0.29, 0.717) is 5.02 Å². The number of benzene rings is 1. The maximum atomic E-state index is 6.15. The molecule has 0 radical (unpaired) electrons. The van der Waals surface area contributed by atoms with E-state index in [0.717, 1.165) is 22.6 Å². The Morgan fingerprint density at radius 1 is 1.12 bits per heavy atom. The van der Waals surface area contributed by atoms with Crippen molar-refractivity contribution in [1.29, 1.82) is 0 Å². The summed E-state index contributed by atoms with van der Waals surface area (Å²) >= 11 is 6.15. The van der Waals surface area contributed by atoms with Crippen LogP contribution in [-0.2, 0) is 0 Å². The molecule has 0 unspecified atom stereocenters. The van der Waals surface area contributed by atoms with Gasteiger partial charge in [0.2, 0.25) is 0 Å². The van der Waals surface area contributed by atoms with Gasteiger partial charge in [0.1, 0.15) is 0 Å². The second-order valence-electron chi connectivity index (χ2n) is 3.82. The first kappa shape index (κ1) is 11.7. The number of pyridine rings is 1. The van der Waals surface area contributed by atoms with Gasteiger partial charge in [-0.3, -0.25) is 4.98 Å². The number of halogens is 1. The Hall–Kier alpha value is -1.74. The van der Waals surface area contributed by atoms with Crippen LogP contribution in [0.3, 0.4) is 0 Å². The number of hydrogen-bond acceptors (Lipinski definition) is 3. The van der Waals surface area contributed by atoms with Crippen LogP contribution in [0.2, 0.25) is 5.02 Å². The highest BCUT2D eigenvalue weighted by atomic mass is 35.5. The number of nitrogens with zero attached hydrogens (tertiary/aromatic N) is 1. The molecule has 17 heavy (non-hydrogen) atoms. The van der Waals surface area contributed by atoms with Crippen LogP contribution in [0.15, 0.2) is 36.7 Å². The zero-order valence-electron chi connectivity index (χ0n) is 9.79. The third-order valence-corrected chi connectivity index (χ3v) is 2.74. The van der Waals surface area contributed by atoms with Gasteiger partial charge in [-0.05, 0) is 30.7 Å². The standard InChI is InChI=1S/C13H14ClN3/c1-9-3-4-13(12(14)5-9)17-11-6-10(15-2)7-16-8-11/h3-8,15,17H,1-2H3. The highest BCUT2D eigenvalue weighted by Crippen LogP contribution is 2.26. The third kappa shape index (κ3) is 2.88. The molecule has 1 aromatic heterocycles. The third-order valence-electron chi connectivity index (χ3n) is 2.43. The highest BCUT2D eigenvalue weighted by Gasteiger charge is 2.01. The van der Waals surface area contributed by atoms with E-state index in [9.17, 15) is 0 Å². The summed E-state index contributed by atoms with van der Waals surface area (Å²) in [7, 11) is 1.86. The molecule has 88 valence electrons. The summed E-state index contributed by atoms with van der Waals surface area (Å²) in [6.07, 6.45) is 3.53. The minimum Gasteiger partial charge on any atom is -0.387 e. The van der Waals surface area contributed by atoms with Crippen LogP contribution in [0.25, 0.3) is 0 Å². The fourth-order valence-corrected chi connectivity index (χ4v) is 1.80. The molecule has 0 saturated carbocycles. The van der Waals surface area contributed by atoms with Crippen LogP contribution < -0.4 is 10.6 Å². The molecular formula is C13H14ClN3. The lowest BCUT2D eigenvalue weighted by molar-refractivity contribution is 1.30. The molecule has 0 atom stereocenters. The van der Waals surface area contributed by atoms with E-state index in [1.54, 1.807) is 12.4 Å². The van der Waals surface area contributed by atoms with Crippen LogP contribution in [-0.4, -0.2) is 12.0 Å². The van der Waals surface area contributed by atoms with Gasteiger partial charge in [0.15, 0.2) is 0 Å². The quantitative estimate of drug-likeness (QED) is 0.866. The first-order chi connectivity index (χ1) is 8.19. The Kier molecular flexibility index (Phi) is 3.49. The van der Waals surface area contributed by atoms with Gasteiger partial charge in [-0.25, -0.2) is 0 Å². The van der Waals surface area contributed by atoms with Crippen molar-refractivity contribution < 1.29 is 0 Å². The Bertz CT molecular complexity index is 526. The molecule has 2 N–H and O–H groups in total. The van der Waals surface area contributed by atoms with Crippen LogP contribution in [0, 0.1) is 6.92 Å². The molecule has 0 spiro atoms. The van der Waals surface area contributed by atoms with E-state index in [4.69, 9.17) is 11.6 Å². The summed E-state index contributed by atoms with van der Waals surface area (Å²) in [4.78, 5) is 4.13. The van der Waals surface area contributed by atoms with Gasteiger partial charge < -0.3 is 10.6 Å². The number of aryl methyl sites for hydroxylation is 1. The number of anilines is 3. The molecule has 0 aliphatic heterocycles. The zero-order valence-corrected chi connectivity index (χ0v) is 10.5. The molecule has 0 saturated heterocycles. The van der Waals surface area contributed by atoms with Crippen LogP contribution in [0.5, 0.6) is 0 Å². The fraction of sp³-hybridized carbons (Fsp3) is 0.154. The molecular weight excluding hydrogens is 234 g/mol. The van der Waals surface area contributed by atoms with E-state index in [2.05, 4.69) is 15.6 Å². The topological polar surface area (TPSA) is 37.0 Å². The molecule has 3 nitrogen and oxygen atoms in total. The number of rotatable bonds is 3. The smallest absolute Gasteiger partial charge is 0.0643 e. The summed E-state index contributed by atoms with van der Waals surface area (Å²) in [5.74, 6) is 0. The normalized spacial score (nSPS) is 10.1. The Morgan fingerprint density at radius 3 is 2.59 bits per heavy atom. The van der Waals surface area contributed by atoms with E-state index < -0.39 is 0 Å². The second-order valence-corrected chi connectivity index (χ2v) is 4.23. The van der Waals surface area contributed by atoms with Crippen LogP contribution in [0.4, 0.5) is 17.1 Å². The van der Waals surface area contributed by atoms with E-state index in [-0.39, 0.29) is 0 Å². The van der Waals surface area contributed by atoms with Crippen molar-refractivity contribution in [3.05, 3.63) is 47.2 Å². The monoisotopic (exact) mass is 247 g/mol. The van der Waals surface area contributed by atoms with Crippen molar-refractivity contribution in [3.8, 4) is 0 Å². The Balaban J connectivity index is 2.25. The molecule has 0 aliphatic rings. The minimum atomic E-state index is 0.708. The lowest BCUT2D eigenvalue weighted by Gasteiger charge is -2.09. The number of aromatic nitrogens is 1. The lowest BCUT2D eigenvalue weighted by atomic mass is 10.2. The number of nitrogens with one attached hydrogen (secondary N) is 2. The molecule has 1 heterocycles. The van der Waals surface area contributed by atoms with Crippen LogP contribution >= 0.6 is 11.6 Å². The van der Waals surface area contributed by atoms with Crippen LogP contribution in [0.1, 0.15) is 5.56 Å². The van der Waals surface area contributed by atoms with Gasteiger partial charge in [-0.15, -0.1) is 0 Å². The molecule has 0 amide bonds. The van der Waals surface area contributed by atoms with E-state index in [1.807, 2.05) is 38.2 Å². The first-order valence-electron chi connectivity index (χ1n) is 5.35. The van der Waals surface area contributed by atoms with Gasteiger partial charge >= 0.3 is 0 Å². The maximum absolute atomic E-state index is 6.15. The zero-order chi connectivity index (χ0) is 12.3. The van der Waals surface area contributed by atoms with Crippen molar-refractivity contribution in [1.82, 2.24) is 4.98 Å². The fourth-order valence-electron chi connectivity index (χ4n) is 1.52. The molecule has 0 bridgehead atoms. The molecule has 0 fully saturated rings. The summed E-state index contributed by atoms with van der Waals surface area (Å²) in [6, 6.07) is 7.88. The van der Waals surface area contributed by atoms with Crippen molar-refractivity contribution in [3.63, 3.8) is 0 Å². The summed E-state index contributed by atoms with van der Waals surface area (Å²) in [6.45, 7) is 2.01. The minimum absolute atomic E-state index is 0.708. The molecule has 2 aromatic rings. The average Bonchev–Trinajstić information content (AvgIpc) is 2.33. The predicted octanol–water partition coefficient (Wildman–Crippen LogP) is 3.83. The van der Waals surface area contributed by atoms with Gasteiger partial charge in [0.05, 0.1) is 34.5 Å². The van der Waals surface area contributed by atoms with Crippen molar-refractivity contribution >= 4 is 28.7 Å².